The molecule has 0 saturated heterocycles. The van der Waals surface area contributed by atoms with Crippen molar-refractivity contribution in [2.75, 3.05) is 7.11 Å². The molecule has 122 valence electrons. The lowest BCUT2D eigenvalue weighted by Gasteiger charge is -1.98. The van der Waals surface area contributed by atoms with E-state index in [-0.39, 0.29) is 18.0 Å². The van der Waals surface area contributed by atoms with Crippen molar-refractivity contribution < 1.29 is 18.9 Å². The number of hydrogen-bond donors (Lipinski definition) is 0. The molecule has 0 radical (unpaired) electrons. The number of hydrogen-bond acceptors (Lipinski definition) is 7. The monoisotopic (exact) mass is 328 g/mol. The van der Waals surface area contributed by atoms with Gasteiger partial charge in [-0.1, -0.05) is 12.1 Å². The number of nitrogens with zero attached hydrogens (tertiary/aromatic N) is 4. The summed E-state index contributed by atoms with van der Waals surface area (Å²) in [7, 11) is 1.27. The third kappa shape index (κ3) is 3.14. The summed E-state index contributed by atoms with van der Waals surface area (Å²) in [5.41, 5.74) is 0.509. The average Bonchev–Trinajstić information content (AvgIpc) is 3.24. The highest BCUT2D eigenvalue weighted by molar-refractivity contribution is 5.86. The largest absolute Gasteiger partial charge is 0.463 e. The molecule has 0 aliphatic heterocycles. The molecule has 0 aliphatic carbocycles. The van der Waals surface area contributed by atoms with Gasteiger partial charge in [-0.3, -0.25) is 10.1 Å². The molecular formula is C15H12N4O5. The molecule has 0 N–H and O–H groups in total. The van der Waals surface area contributed by atoms with E-state index in [0.29, 0.717) is 17.1 Å². The maximum absolute atomic E-state index is 11.3. The lowest BCUT2D eigenvalue weighted by molar-refractivity contribution is -0.384. The van der Waals surface area contributed by atoms with Gasteiger partial charge in [-0.05, 0) is 12.1 Å². The summed E-state index contributed by atoms with van der Waals surface area (Å²) >= 11 is 0. The van der Waals surface area contributed by atoms with Gasteiger partial charge in [0.05, 0.1) is 12.0 Å². The predicted molar refractivity (Wildman–Crippen MR) is 81.3 cm³/mol. The van der Waals surface area contributed by atoms with Crippen molar-refractivity contribution in [1.82, 2.24) is 14.8 Å². The standard InChI is InChI=1S/C15H12N4O5/c1-23-15(20)13-6-5-12(24-13)8-18-9-16-14(17-18)10-3-2-4-11(7-10)19(21)22/h2-7,9H,8H2,1H3. The van der Waals surface area contributed by atoms with Crippen molar-refractivity contribution in [2.24, 2.45) is 0 Å². The molecule has 0 saturated carbocycles. The van der Waals surface area contributed by atoms with Gasteiger partial charge in [0.1, 0.15) is 18.6 Å². The van der Waals surface area contributed by atoms with Crippen molar-refractivity contribution in [3.05, 3.63) is 64.4 Å². The highest BCUT2D eigenvalue weighted by Crippen LogP contribution is 2.20. The Labute approximate surface area is 135 Å². The second-order valence-corrected chi connectivity index (χ2v) is 4.83. The molecule has 9 nitrogen and oxygen atoms in total. The van der Waals surface area contributed by atoms with E-state index in [1.807, 2.05) is 0 Å². The number of esters is 1. The zero-order chi connectivity index (χ0) is 17.1. The first-order valence-electron chi connectivity index (χ1n) is 6.88. The Morgan fingerprint density at radius 2 is 2.21 bits per heavy atom. The maximum atomic E-state index is 11.3. The molecular weight excluding hydrogens is 316 g/mol. The smallest absolute Gasteiger partial charge is 0.373 e. The van der Waals surface area contributed by atoms with E-state index in [1.54, 1.807) is 18.2 Å². The number of benzene rings is 1. The second kappa shape index (κ2) is 6.32. The van der Waals surface area contributed by atoms with Crippen LogP contribution >= 0.6 is 0 Å². The molecule has 2 heterocycles. The third-order valence-corrected chi connectivity index (χ3v) is 3.22. The summed E-state index contributed by atoms with van der Waals surface area (Å²) in [5.74, 6) is 0.410. The van der Waals surface area contributed by atoms with Crippen LogP contribution in [0.3, 0.4) is 0 Å². The Bertz CT molecular complexity index is 899. The topological polar surface area (TPSA) is 113 Å². The third-order valence-electron chi connectivity index (χ3n) is 3.22. The number of methoxy groups -OCH3 is 1. The summed E-state index contributed by atoms with van der Waals surface area (Å²) < 4.78 is 11.4. The number of nitro groups is 1. The van der Waals surface area contributed by atoms with Crippen molar-refractivity contribution in [3.8, 4) is 11.4 Å². The Hall–Kier alpha value is -3.49. The zero-order valence-electron chi connectivity index (χ0n) is 12.6. The molecule has 0 aliphatic rings. The molecule has 3 rings (SSSR count). The first kappa shape index (κ1) is 15.4. The van der Waals surface area contributed by atoms with Crippen LogP contribution in [0.25, 0.3) is 11.4 Å². The minimum absolute atomic E-state index is 0.0300. The number of ether oxygens (including phenoxy) is 1. The zero-order valence-corrected chi connectivity index (χ0v) is 12.6. The fraction of sp³-hybridized carbons (Fsp3) is 0.133. The van der Waals surface area contributed by atoms with E-state index in [1.165, 1.54) is 36.3 Å². The van der Waals surface area contributed by atoms with Crippen molar-refractivity contribution in [2.45, 2.75) is 6.54 Å². The van der Waals surface area contributed by atoms with Crippen LogP contribution in [0.15, 0.2) is 47.1 Å². The average molecular weight is 328 g/mol. The van der Waals surface area contributed by atoms with E-state index in [9.17, 15) is 14.9 Å². The summed E-state index contributed by atoms with van der Waals surface area (Å²) in [5, 5.41) is 15.1. The number of carbonyl (C=O) groups excluding carboxylic acids is 1. The molecule has 24 heavy (non-hydrogen) atoms. The summed E-state index contributed by atoms with van der Waals surface area (Å²) in [6.07, 6.45) is 1.48. The van der Waals surface area contributed by atoms with E-state index in [0.717, 1.165) is 0 Å². The molecule has 9 heteroatoms. The minimum atomic E-state index is -0.558. The molecule has 0 spiro atoms. The van der Waals surface area contributed by atoms with Crippen LogP contribution < -0.4 is 0 Å². The van der Waals surface area contributed by atoms with E-state index in [4.69, 9.17) is 4.42 Å². The Morgan fingerprint density at radius 1 is 1.38 bits per heavy atom. The van der Waals surface area contributed by atoms with Crippen LogP contribution in [0, 0.1) is 10.1 Å². The van der Waals surface area contributed by atoms with Gasteiger partial charge in [0, 0.05) is 17.7 Å². The van der Waals surface area contributed by atoms with E-state index in [2.05, 4.69) is 14.8 Å². The summed E-state index contributed by atoms with van der Waals surface area (Å²) in [6, 6.07) is 9.22. The first-order valence-corrected chi connectivity index (χ1v) is 6.88. The Morgan fingerprint density at radius 3 is 2.96 bits per heavy atom. The van der Waals surface area contributed by atoms with Gasteiger partial charge in [-0.2, -0.15) is 5.10 Å². The van der Waals surface area contributed by atoms with Crippen LogP contribution in [0.5, 0.6) is 0 Å². The fourth-order valence-corrected chi connectivity index (χ4v) is 2.09. The SMILES string of the molecule is COC(=O)c1ccc(Cn2cnc(-c3cccc([N+](=O)[O-])c3)n2)o1. The van der Waals surface area contributed by atoms with Gasteiger partial charge in [-0.15, -0.1) is 0 Å². The van der Waals surface area contributed by atoms with Crippen LogP contribution in [0.4, 0.5) is 5.69 Å². The predicted octanol–water partition coefficient (Wildman–Crippen LogP) is 2.28. The van der Waals surface area contributed by atoms with Crippen molar-refractivity contribution >= 4 is 11.7 Å². The maximum Gasteiger partial charge on any atom is 0.373 e. The van der Waals surface area contributed by atoms with Gasteiger partial charge < -0.3 is 9.15 Å². The Kier molecular flexibility index (Phi) is 4.06. The van der Waals surface area contributed by atoms with Crippen LogP contribution in [-0.4, -0.2) is 32.8 Å². The first-order chi connectivity index (χ1) is 11.6. The highest BCUT2D eigenvalue weighted by atomic mass is 16.6. The van der Waals surface area contributed by atoms with Crippen molar-refractivity contribution in [1.29, 1.82) is 0 Å². The molecule has 0 fully saturated rings. The quantitative estimate of drug-likeness (QED) is 0.401. The van der Waals surface area contributed by atoms with E-state index >= 15 is 0 Å². The van der Waals surface area contributed by atoms with Crippen molar-refractivity contribution in [3.63, 3.8) is 0 Å². The van der Waals surface area contributed by atoms with E-state index < -0.39 is 10.9 Å². The molecule has 0 amide bonds. The minimum Gasteiger partial charge on any atom is -0.463 e. The van der Waals surface area contributed by atoms with Gasteiger partial charge in [-0.25, -0.2) is 14.5 Å². The highest BCUT2D eigenvalue weighted by Gasteiger charge is 2.13. The number of aromatic nitrogens is 3. The van der Waals surface area contributed by atoms with Crippen LogP contribution in [-0.2, 0) is 11.3 Å². The lowest BCUT2D eigenvalue weighted by Crippen LogP contribution is -2.01. The number of non-ortho nitro benzene ring substituents is 1. The number of rotatable bonds is 5. The van der Waals surface area contributed by atoms with Crippen LogP contribution in [0.2, 0.25) is 0 Å². The molecule has 0 atom stereocenters. The van der Waals surface area contributed by atoms with Gasteiger partial charge in [0.2, 0.25) is 5.76 Å². The molecule has 1 aromatic carbocycles. The summed E-state index contributed by atoms with van der Waals surface area (Å²) in [6.45, 7) is 0.263. The normalized spacial score (nSPS) is 10.5. The van der Waals surface area contributed by atoms with Gasteiger partial charge >= 0.3 is 5.97 Å². The summed E-state index contributed by atoms with van der Waals surface area (Å²) in [4.78, 5) is 25.8. The number of nitro benzene ring substituents is 1. The molecule has 2 aromatic heterocycles. The lowest BCUT2D eigenvalue weighted by atomic mass is 10.2. The number of furan rings is 1. The molecule has 3 aromatic rings. The molecule has 0 bridgehead atoms. The van der Waals surface area contributed by atoms with Gasteiger partial charge in [0.25, 0.3) is 5.69 Å². The Balaban J connectivity index is 1.78. The molecule has 0 unspecified atom stereocenters. The van der Waals surface area contributed by atoms with Crippen LogP contribution in [0.1, 0.15) is 16.3 Å². The fourth-order valence-electron chi connectivity index (χ4n) is 2.09. The second-order valence-electron chi connectivity index (χ2n) is 4.83. The van der Waals surface area contributed by atoms with Gasteiger partial charge in [0.15, 0.2) is 5.82 Å². The number of carbonyl (C=O) groups is 1.